The molecule has 6 nitrogen and oxygen atoms in total. The number of nitrogen functional groups attached to an aromatic ring is 1. The van der Waals surface area contributed by atoms with Crippen LogP contribution in [0.2, 0.25) is 0 Å². The number of hydrogen-bond donors (Lipinski definition) is 2. The molecule has 0 aromatic heterocycles. The summed E-state index contributed by atoms with van der Waals surface area (Å²) in [7, 11) is 0. The Morgan fingerprint density at radius 1 is 1.17 bits per heavy atom. The second-order valence-corrected chi connectivity index (χ2v) is 6.58. The molecule has 3 aliphatic rings. The third-order valence-electron chi connectivity index (χ3n) is 5.19. The number of fused-ring (bicyclic) bond motifs is 1. The molecule has 2 saturated heterocycles. The zero-order chi connectivity index (χ0) is 15.8. The lowest BCUT2D eigenvalue weighted by atomic mass is 10.1. The summed E-state index contributed by atoms with van der Waals surface area (Å²) in [4.78, 5) is 17.1. The van der Waals surface area contributed by atoms with Crippen LogP contribution in [0.15, 0.2) is 12.1 Å². The Bertz CT molecular complexity index is 607. The molecule has 0 bridgehead atoms. The van der Waals surface area contributed by atoms with E-state index >= 15 is 0 Å². The number of amides is 1. The van der Waals surface area contributed by atoms with E-state index in [1.807, 2.05) is 17.0 Å². The summed E-state index contributed by atoms with van der Waals surface area (Å²) in [5, 5.41) is 3.36. The van der Waals surface area contributed by atoms with Crippen molar-refractivity contribution in [2.45, 2.75) is 25.4 Å². The number of piperidine rings is 1. The fraction of sp³-hybridized carbons (Fsp3) is 0.588. The average molecular weight is 316 g/mol. The molecule has 4 rings (SSSR count). The number of benzene rings is 1. The molecule has 0 spiro atoms. The first-order chi connectivity index (χ1) is 11.2. The molecule has 124 valence electrons. The topological polar surface area (TPSA) is 70.8 Å². The van der Waals surface area contributed by atoms with Gasteiger partial charge >= 0.3 is 0 Å². The monoisotopic (exact) mass is 316 g/mol. The first kappa shape index (κ1) is 14.8. The molecular weight excluding hydrogens is 292 g/mol. The molecule has 3 aliphatic heterocycles. The zero-order valence-corrected chi connectivity index (χ0v) is 13.4. The van der Waals surface area contributed by atoms with Gasteiger partial charge in [-0.2, -0.15) is 0 Å². The maximum Gasteiger partial charge on any atom is 0.254 e. The van der Waals surface area contributed by atoms with Gasteiger partial charge in [-0.3, -0.25) is 4.79 Å². The van der Waals surface area contributed by atoms with Crippen LogP contribution in [-0.4, -0.2) is 56.2 Å². The van der Waals surface area contributed by atoms with E-state index in [2.05, 4.69) is 10.2 Å². The summed E-state index contributed by atoms with van der Waals surface area (Å²) in [6.45, 7) is 5.77. The Balaban J connectivity index is 1.60. The molecule has 6 heteroatoms. The number of ether oxygens (including phenoxy) is 1. The van der Waals surface area contributed by atoms with Crippen molar-refractivity contribution in [3.63, 3.8) is 0 Å². The maximum absolute atomic E-state index is 12.9. The third-order valence-corrected chi connectivity index (χ3v) is 5.19. The lowest BCUT2D eigenvalue weighted by molar-refractivity contribution is 0.0668. The lowest BCUT2D eigenvalue weighted by Gasteiger charge is -2.31. The average Bonchev–Trinajstić information content (AvgIpc) is 2.91. The Morgan fingerprint density at radius 3 is 2.65 bits per heavy atom. The predicted molar refractivity (Wildman–Crippen MR) is 89.7 cm³/mol. The van der Waals surface area contributed by atoms with Crippen LogP contribution < -0.4 is 16.0 Å². The number of rotatable bonds is 2. The van der Waals surface area contributed by atoms with Crippen LogP contribution in [0, 0.1) is 0 Å². The van der Waals surface area contributed by atoms with Crippen molar-refractivity contribution in [2.75, 3.05) is 50.0 Å². The molecule has 1 amide bonds. The number of nitrogens with two attached hydrogens (primary N) is 1. The van der Waals surface area contributed by atoms with Crippen molar-refractivity contribution in [1.29, 1.82) is 0 Å². The number of morpholine rings is 1. The Hall–Kier alpha value is -1.79. The summed E-state index contributed by atoms with van der Waals surface area (Å²) in [6, 6.07) is 4.35. The van der Waals surface area contributed by atoms with Crippen LogP contribution in [0.1, 0.15) is 28.8 Å². The summed E-state index contributed by atoms with van der Waals surface area (Å²) < 4.78 is 5.41. The molecule has 0 saturated carbocycles. The molecule has 23 heavy (non-hydrogen) atoms. The molecule has 2 fully saturated rings. The van der Waals surface area contributed by atoms with E-state index in [1.165, 1.54) is 0 Å². The minimum atomic E-state index is 0.168. The zero-order valence-electron chi connectivity index (χ0n) is 13.4. The van der Waals surface area contributed by atoms with Gasteiger partial charge in [-0.1, -0.05) is 0 Å². The van der Waals surface area contributed by atoms with Crippen molar-refractivity contribution in [2.24, 2.45) is 0 Å². The standard InChI is InChI=1S/C17H24N4O2/c18-15-9-12-11-21(13-1-3-19-4-2-13)17(22)14(12)10-16(15)20-5-7-23-8-6-20/h9-10,13,19H,1-8,11,18H2. The Labute approximate surface area is 136 Å². The molecule has 1 aromatic rings. The summed E-state index contributed by atoms with van der Waals surface area (Å²) in [5.41, 5.74) is 9.92. The number of nitrogens with zero attached hydrogens (tertiary/aromatic N) is 2. The van der Waals surface area contributed by atoms with Crippen molar-refractivity contribution < 1.29 is 9.53 Å². The lowest BCUT2D eigenvalue weighted by Crippen LogP contribution is -2.43. The highest BCUT2D eigenvalue weighted by Gasteiger charge is 2.34. The fourth-order valence-corrected chi connectivity index (χ4v) is 3.88. The minimum Gasteiger partial charge on any atom is -0.397 e. The van der Waals surface area contributed by atoms with Gasteiger partial charge in [0.25, 0.3) is 5.91 Å². The first-order valence-corrected chi connectivity index (χ1v) is 8.51. The molecule has 0 unspecified atom stereocenters. The van der Waals surface area contributed by atoms with Gasteiger partial charge in [-0.25, -0.2) is 0 Å². The highest BCUT2D eigenvalue weighted by molar-refractivity contribution is 6.00. The van der Waals surface area contributed by atoms with Gasteiger partial charge in [0.05, 0.1) is 24.6 Å². The third kappa shape index (κ3) is 2.66. The second-order valence-electron chi connectivity index (χ2n) is 6.58. The van der Waals surface area contributed by atoms with Gasteiger partial charge in [-0.15, -0.1) is 0 Å². The number of carbonyl (C=O) groups excluding carboxylic acids is 1. The summed E-state index contributed by atoms with van der Waals surface area (Å²) in [6.07, 6.45) is 2.07. The van der Waals surface area contributed by atoms with Crippen LogP contribution in [0.3, 0.4) is 0 Å². The van der Waals surface area contributed by atoms with E-state index in [0.717, 1.165) is 61.5 Å². The number of hydrogen-bond acceptors (Lipinski definition) is 5. The predicted octanol–water partition coefficient (Wildman–Crippen LogP) is 0.813. The van der Waals surface area contributed by atoms with Gasteiger partial charge in [-0.05, 0) is 43.6 Å². The second kappa shape index (κ2) is 6.02. The number of nitrogens with one attached hydrogen (secondary N) is 1. The van der Waals surface area contributed by atoms with Crippen molar-refractivity contribution in [3.05, 3.63) is 23.3 Å². The van der Waals surface area contributed by atoms with E-state index in [0.29, 0.717) is 25.8 Å². The van der Waals surface area contributed by atoms with Gasteiger partial charge < -0.3 is 25.6 Å². The molecule has 0 atom stereocenters. The SMILES string of the molecule is Nc1cc2c(cc1N1CCOCC1)C(=O)N(C1CCNCC1)C2. The Morgan fingerprint density at radius 2 is 1.91 bits per heavy atom. The molecule has 3 heterocycles. The molecule has 3 N–H and O–H groups in total. The van der Waals surface area contributed by atoms with Crippen LogP contribution in [0.25, 0.3) is 0 Å². The van der Waals surface area contributed by atoms with E-state index in [1.54, 1.807) is 0 Å². The normalized spacial score (nSPS) is 22.5. The smallest absolute Gasteiger partial charge is 0.254 e. The van der Waals surface area contributed by atoms with Crippen molar-refractivity contribution >= 4 is 17.3 Å². The van der Waals surface area contributed by atoms with Gasteiger partial charge in [0.15, 0.2) is 0 Å². The minimum absolute atomic E-state index is 0.168. The van der Waals surface area contributed by atoms with Crippen LogP contribution >= 0.6 is 0 Å². The fourth-order valence-electron chi connectivity index (χ4n) is 3.88. The summed E-state index contributed by atoms with van der Waals surface area (Å²) >= 11 is 0. The molecule has 1 aromatic carbocycles. The van der Waals surface area contributed by atoms with Gasteiger partial charge in [0.2, 0.25) is 0 Å². The highest BCUT2D eigenvalue weighted by Crippen LogP contribution is 2.34. The maximum atomic E-state index is 12.9. The quantitative estimate of drug-likeness (QED) is 0.790. The molecular formula is C17H24N4O2. The van der Waals surface area contributed by atoms with E-state index < -0.39 is 0 Å². The number of anilines is 2. The van der Waals surface area contributed by atoms with Crippen molar-refractivity contribution in [3.8, 4) is 0 Å². The van der Waals surface area contributed by atoms with E-state index in [4.69, 9.17) is 10.5 Å². The largest absolute Gasteiger partial charge is 0.397 e. The summed E-state index contributed by atoms with van der Waals surface area (Å²) in [5.74, 6) is 0.168. The van der Waals surface area contributed by atoms with E-state index in [9.17, 15) is 4.79 Å². The molecule has 0 radical (unpaired) electrons. The van der Waals surface area contributed by atoms with Crippen molar-refractivity contribution in [1.82, 2.24) is 10.2 Å². The molecule has 0 aliphatic carbocycles. The highest BCUT2D eigenvalue weighted by atomic mass is 16.5. The van der Waals surface area contributed by atoms with Gasteiger partial charge in [0, 0.05) is 31.2 Å². The first-order valence-electron chi connectivity index (χ1n) is 8.51. The van der Waals surface area contributed by atoms with Crippen LogP contribution in [0.4, 0.5) is 11.4 Å². The van der Waals surface area contributed by atoms with Crippen LogP contribution in [-0.2, 0) is 11.3 Å². The van der Waals surface area contributed by atoms with E-state index in [-0.39, 0.29) is 5.91 Å². The van der Waals surface area contributed by atoms with Gasteiger partial charge in [0.1, 0.15) is 0 Å². The Kier molecular flexibility index (Phi) is 3.87. The van der Waals surface area contributed by atoms with Crippen LogP contribution in [0.5, 0.6) is 0 Å². The number of carbonyl (C=O) groups is 1.